The lowest BCUT2D eigenvalue weighted by Crippen LogP contribution is -2.11. The van der Waals surface area contributed by atoms with Crippen molar-refractivity contribution in [1.82, 2.24) is 0 Å². The second-order valence-electron chi connectivity index (χ2n) is 6.39. The minimum atomic E-state index is -0.412. The van der Waals surface area contributed by atoms with Gasteiger partial charge < -0.3 is 14.5 Å². The summed E-state index contributed by atoms with van der Waals surface area (Å²) in [5.41, 5.74) is 2.09. The van der Waals surface area contributed by atoms with E-state index in [9.17, 15) is 4.79 Å². The smallest absolute Gasteiger partial charge is 0.291 e. The van der Waals surface area contributed by atoms with E-state index < -0.39 is 5.91 Å². The summed E-state index contributed by atoms with van der Waals surface area (Å²) in [7, 11) is 0. The molecule has 136 valence electrons. The zero-order valence-corrected chi connectivity index (χ0v) is 15.2. The fraction of sp³-hybridized carbons (Fsp3) is 0.182. The molecule has 0 atom stereocenters. The van der Waals surface area contributed by atoms with Gasteiger partial charge in [-0.05, 0) is 47.9 Å². The number of carbonyl (C=O) groups is 1. The number of nitriles is 1. The van der Waals surface area contributed by atoms with Gasteiger partial charge in [0, 0.05) is 0 Å². The average molecular weight is 360 g/mol. The molecule has 5 heteroatoms. The molecule has 3 rings (SSSR count). The van der Waals surface area contributed by atoms with Crippen molar-refractivity contribution in [2.24, 2.45) is 0 Å². The van der Waals surface area contributed by atoms with Crippen LogP contribution >= 0.6 is 0 Å². The van der Waals surface area contributed by atoms with Gasteiger partial charge in [-0.1, -0.05) is 38.1 Å². The van der Waals surface area contributed by atoms with Crippen molar-refractivity contribution in [3.8, 4) is 11.8 Å². The summed E-state index contributed by atoms with van der Waals surface area (Å²) >= 11 is 0. The number of furan rings is 1. The number of anilines is 1. The molecule has 0 aliphatic rings. The average Bonchev–Trinajstić information content (AvgIpc) is 3.16. The molecule has 0 aliphatic carbocycles. The molecule has 0 fully saturated rings. The van der Waals surface area contributed by atoms with E-state index in [1.165, 1.54) is 5.56 Å². The third-order valence-electron chi connectivity index (χ3n) is 4.11. The van der Waals surface area contributed by atoms with Crippen molar-refractivity contribution in [2.75, 3.05) is 5.32 Å². The predicted octanol–water partition coefficient (Wildman–Crippen LogP) is 5.11. The van der Waals surface area contributed by atoms with Crippen LogP contribution in [-0.4, -0.2) is 5.91 Å². The van der Waals surface area contributed by atoms with Crippen LogP contribution in [0.1, 0.15) is 47.2 Å². The Hall–Kier alpha value is -3.52. The summed E-state index contributed by atoms with van der Waals surface area (Å²) in [5, 5.41) is 11.8. The molecule has 1 aromatic heterocycles. The summed E-state index contributed by atoms with van der Waals surface area (Å²) in [5.74, 6) is 1.50. The van der Waals surface area contributed by atoms with Gasteiger partial charge in [-0.2, -0.15) is 5.26 Å². The zero-order valence-electron chi connectivity index (χ0n) is 15.2. The third-order valence-corrected chi connectivity index (χ3v) is 4.11. The van der Waals surface area contributed by atoms with E-state index in [4.69, 9.17) is 14.4 Å². The molecular formula is C22H20N2O3. The molecule has 0 spiro atoms. The first kappa shape index (κ1) is 18.3. The maximum atomic E-state index is 12.3. The van der Waals surface area contributed by atoms with E-state index in [2.05, 4.69) is 19.2 Å². The SMILES string of the molecule is CC(C)c1ccc(OCc2ccc(C(=O)Nc3ccccc3C#N)o2)cc1. The number of benzene rings is 2. The maximum absolute atomic E-state index is 12.3. The number of para-hydroxylation sites is 1. The number of hydrogen-bond acceptors (Lipinski definition) is 4. The molecule has 0 radical (unpaired) electrons. The second-order valence-corrected chi connectivity index (χ2v) is 6.39. The van der Waals surface area contributed by atoms with Crippen LogP contribution < -0.4 is 10.1 Å². The standard InChI is InChI=1S/C22H20N2O3/c1-15(2)16-7-9-18(10-8-16)26-14-19-11-12-21(27-19)22(25)24-20-6-4-3-5-17(20)13-23/h3-12,15H,14H2,1-2H3,(H,24,25). The van der Waals surface area contributed by atoms with Crippen LogP contribution in [0.3, 0.4) is 0 Å². The highest BCUT2D eigenvalue weighted by molar-refractivity contribution is 6.03. The lowest BCUT2D eigenvalue weighted by atomic mass is 10.0. The summed E-state index contributed by atoms with van der Waals surface area (Å²) in [6.07, 6.45) is 0. The molecule has 0 saturated heterocycles. The molecule has 3 aromatic rings. The molecule has 27 heavy (non-hydrogen) atoms. The van der Waals surface area contributed by atoms with Crippen LogP contribution in [0.5, 0.6) is 5.75 Å². The van der Waals surface area contributed by atoms with Crippen molar-refractivity contribution in [3.63, 3.8) is 0 Å². The quantitative estimate of drug-likeness (QED) is 0.663. The van der Waals surface area contributed by atoms with Crippen molar-refractivity contribution >= 4 is 11.6 Å². The van der Waals surface area contributed by atoms with E-state index >= 15 is 0 Å². The Balaban J connectivity index is 1.61. The summed E-state index contributed by atoms with van der Waals surface area (Å²) in [6, 6.07) is 20.0. The molecule has 1 heterocycles. The number of hydrogen-bond donors (Lipinski definition) is 1. The third kappa shape index (κ3) is 4.56. The fourth-order valence-corrected chi connectivity index (χ4v) is 2.55. The van der Waals surface area contributed by atoms with Crippen LogP contribution in [0.2, 0.25) is 0 Å². The largest absolute Gasteiger partial charge is 0.486 e. The van der Waals surface area contributed by atoms with E-state index in [-0.39, 0.29) is 12.4 Å². The number of nitrogens with zero attached hydrogens (tertiary/aromatic N) is 1. The Bertz CT molecular complexity index is 966. The Morgan fingerprint density at radius 1 is 1.11 bits per heavy atom. The highest BCUT2D eigenvalue weighted by Crippen LogP contribution is 2.20. The maximum Gasteiger partial charge on any atom is 0.291 e. The van der Waals surface area contributed by atoms with Crippen molar-refractivity contribution in [1.29, 1.82) is 5.26 Å². The van der Waals surface area contributed by atoms with Crippen molar-refractivity contribution < 1.29 is 13.9 Å². The van der Waals surface area contributed by atoms with E-state index in [1.54, 1.807) is 36.4 Å². The molecule has 2 aromatic carbocycles. The van der Waals surface area contributed by atoms with Gasteiger partial charge in [0.15, 0.2) is 5.76 Å². The lowest BCUT2D eigenvalue weighted by Gasteiger charge is -2.08. The molecule has 0 bridgehead atoms. The minimum Gasteiger partial charge on any atom is -0.486 e. The number of amides is 1. The first-order chi connectivity index (χ1) is 13.1. The lowest BCUT2D eigenvalue weighted by molar-refractivity contribution is 0.0992. The summed E-state index contributed by atoms with van der Waals surface area (Å²) < 4.78 is 11.3. The van der Waals surface area contributed by atoms with Gasteiger partial charge >= 0.3 is 0 Å². The molecule has 1 amide bonds. The second kappa shape index (κ2) is 8.24. The van der Waals surface area contributed by atoms with Crippen LogP contribution in [-0.2, 0) is 6.61 Å². The Kier molecular flexibility index (Phi) is 5.58. The van der Waals surface area contributed by atoms with Crippen molar-refractivity contribution in [2.45, 2.75) is 26.4 Å². The van der Waals surface area contributed by atoms with Gasteiger partial charge in [0.25, 0.3) is 5.91 Å². The minimum absolute atomic E-state index is 0.163. The number of nitrogens with one attached hydrogen (secondary N) is 1. The fourth-order valence-electron chi connectivity index (χ4n) is 2.55. The van der Waals surface area contributed by atoms with Crippen LogP contribution in [0.15, 0.2) is 65.1 Å². The highest BCUT2D eigenvalue weighted by Gasteiger charge is 2.13. The Morgan fingerprint density at radius 2 is 1.85 bits per heavy atom. The van der Waals surface area contributed by atoms with Gasteiger partial charge in [-0.25, -0.2) is 0 Å². The molecule has 0 unspecified atom stereocenters. The number of carbonyl (C=O) groups excluding carboxylic acids is 1. The Labute approximate surface area is 158 Å². The van der Waals surface area contributed by atoms with E-state index in [1.807, 2.05) is 30.3 Å². The van der Waals surface area contributed by atoms with Crippen LogP contribution in [0.25, 0.3) is 0 Å². The first-order valence-corrected chi connectivity index (χ1v) is 8.69. The van der Waals surface area contributed by atoms with Gasteiger partial charge in [-0.15, -0.1) is 0 Å². The molecular weight excluding hydrogens is 340 g/mol. The molecule has 1 N–H and O–H groups in total. The molecule has 0 saturated carbocycles. The highest BCUT2D eigenvalue weighted by atomic mass is 16.5. The Morgan fingerprint density at radius 3 is 2.56 bits per heavy atom. The van der Waals surface area contributed by atoms with Crippen LogP contribution in [0, 0.1) is 11.3 Å². The predicted molar refractivity (Wildman–Crippen MR) is 103 cm³/mol. The first-order valence-electron chi connectivity index (χ1n) is 8.69. The summed E-state index contributed by atoms with van der Waals surface area (Å²) in [4.78, 5) is 12.3. The van der Waals surface area contributed by atoms with Gasteiger partial charge in [-0.3, -0.25) is 4.79 Å². The van der Waals surface area contributed by atoms with Crippen LogP contribution in [0.4, 0.5) is 5.69 Å². The molecule has 5 nitrogen and oxygen atoms in total. The van der Waals surface area contributed by atoms with Crippen molar-refractivity contribution in [3.05, 3.63) is 83.3 Å². The van der Waals surface area contributed by atoms with Gasteiger partial charge in [0.1, 0.15) is 24.2 Å². The van der Waals surface area contributed by atoms with E-state index in [0.717, 1.165) is 5.75 Å². The number of ether oxygens (including phenoxy) is 1. The summed E-state index contributed by atoms with van der Waals surface area (Å²) in [6.45, 7) is 4.50. The molecule has 0 aliphatic heterocycles. The zero-order chi connectivity index (χ0) is 19.2. The normalized spacial score (nSPS) is 10.4. The van der Waals surface area contributed by atoms with E-state index in [0.29, 0.717) is 22.9 Å². The van der Waals surface area contributed by atoms with Gasteiger partial charge in [0.2, 0.25) is 0 Å². The van der Waals surface area contributed by atoms with Gasteiger partial charge in [0.05, 0.1) is 11.3 Å². The topological polar surface area (TPSA) is 75.3 Å². The monoisotopic (exact) mass is 360 g/mol. The number of rotatable bonds is 6.